The number of anilines is 1. The molecule has 3 heterocycles. The van der Waals surface area contributed by atoms with Gasteiger partial charge in [-0.15, -0.1) is 5.10 Å². The number of carboxylic acid groups (broad SMARTS) is 1. The Morgan fingerprint density at radius 2 is 1.93 bits per heavy atom. The Labute approximate surface area is 173 Å². The highest BCUT2D eigenvalue weighted by atomic mass is 32.1. The first-order valence-corrected chi connectivity index (χ1v) is 9.89. The molecule has 0 saturated heterocycles. The highest BCUT2D eigenvalue weighted by molar-refractivity contribution is 7.15. The molecule has 0 saturated carbocycles. The average Bonchev–Trinajstić information content (AvgIpc) is 3.34. The molecule has 148 valence electrons. The fraction of sp³-hybridized carbons (Fsp3) is 0.0952. The van der Waals surface area contributed by atoms with Crippen molar-refractivity contribution in [3.8, 4) is 11.4 Å². The van der Waals surface area contributed by atoms with E-state index in [-0.39, 0.29) is 10.1 Å². The maximum atomic E-state index is 13.1. The molecule has 2 aromatic heterocycles. The number of nitrogens with zero attached hydrogens (tertiary/aromatic N) is 4. The normalized spacial score (nSPS) is 15.1. The molecule has 8 nitrogen and oxygen atoms in total. The number of aliphatic carboxylic acids is 1. The first kappa shape index (κ1) is 18.2. The fourth-order valence-corrected chi connectivity index (χ4v) is 4.58. The van der Waals surface area contributed by atoms with Crippen LogP contribution in [0, 0.1) is 6.92 Å². The number of benzene rings is 2. The van der Waals surface area contributed by atoms with Crippen LogP contribution in [0.4, 0.5) is 5.69 Å². The SMILES string of the molecule is Cc1cccc(-c2nc3sc(=C4C(=O)N(CC(=O)O)c5ccccc54)c(=O)n3n2)c1. The van der Waals surface area contributed by atoms with E-state index >= 15 is 0 Å². The van der Waals surface area contributed by atoms with Crippen molar-refractivity contribution in [1.82, 2.24) is 14.6 Å². The summed E-state index contributed by atoms with van der Waals surface area (Å²) in [5, 5.41) is 13.5. The van der Waals surface area contributed by atoms with Crippen LogP contribution >= 0.6 is 11.3 Å². The lowest BCUT2D eigenvalue weighted by molar-refractivity contribution is -0.136. The van der Waals surface area contributed by atoms with Crippen molar-refractivity contribution in [1.29, 1.82) is 0 Å². The van der Waals surface area contributed by atoms with Crippen molar-refractivity contribution in [2.75, 3.05) is 11.4 Å². The van der Waals surface area contributed by atoms with Crippen LogP contribution in [-0.2, 0) is 9.59 Å². The summed E-state index contributed by atoms with van der Waals surface area (Å²) in [7, 11) is 0. The van der Waals surface area contributed by atoms with Crippen LogP contribution in [0.1, 0.15) is 11.1 Å². The fourth-order valence-electron chi connectivity index (χ4n) is 3.58. The number of para-hydroxylation sites is 1. The van der Waals surface area contributed by atoms with Gasteiger partial charge in [0, 0.05) is 11.1 Å². The van der Waals surface area contributed by atoms with Gasteiger partial charge in [-0.2, -0.15) is 9.50 Å². The number of hydrogen-bond acceptors (Lipinski definition) is 6. The van der Waals surface area contributed by atoms with Crippen LogP contribution in [0.3, 0.4) is 0 Å². The average molecular weight is 418 g/mol. The van der Waals surface area contributed by atoms with E-state index in [0.29, 0.717) is 22.0 Å². The molecule has 4 aromatic rings. The van der Waals surface area contributed by atoms with Crippen molar-refractivity contribution in [3.05, 3.63) is 74.5 Å². The molecular formula is C21H14N4O4S. The number of aryl methyl sites for hydroxylation is 1. The summed E-state index contributed by atoms with van der Waals surface area (Å²) in [5.74, 6) is -1.21. The molecule has 30 heavy (non-hydrogen) atoms. The number of fused-ring (bicyclic) bond motifs is 2. The largest absolute Gasteiger partial charge is 0.480 e. The molecule has 9 heteroatoms. The Balaban J connectivity index is 1.72. The molecule has 0 spiro atoms. The molecule has 1 aliphatic rings. The summed E-state index contributed by atoms with van der Waals surface area (Å²) in [6, 6.07) is 14.5. The van der Waals surface area contributed by atoms with Gasteiger partial charge in [0.1, 0.15) is 11.1 Å². The van der Waals surface area contributed by atoms with Crippen molar-refractivity contribution in [2.24, 2.45) is 0 Å². The van der Waals surface area contributed by atoms with Gasteiger partial charge in [-0.05, 0) is 19.1 Å². The summed E-state index contributed by atoms with van der Waals surface area (Å²) in [6.45, 7) is 1.48. The highest BCUT2D eigenvalue weighted by Crippen LogP contribution is 2.35. The number of amides is 1. The topological polar surface area (TPSA) is 105 Å². The Morgan fingerprint density at radius 3 is 2.67 bits per heavy atom. The van der Waals surface area contributed by atoms with Gasteiger partial charge >= 0.3 is 5.97 Å². The van der Waals surface area contributed by atoms with E-state index in [1.54, 1.807) is 24.3 Å². The summed E-state index contributed by atoms with van der Waals surface area (Å²) in [4.78, 5) is 43.3. The number of hydrogen-bond donors (Lipinski definition) is 1. The Morgan fingerprint density at radius 1 is 1.13 bits per heavy atom. The Hall–Kier alpha value is -3.85. The molecule has 1 aliphatic heterocycles. The third-order valence-electron chi connectivity index (χ3n) is 4.88. The van der Waals surface area contributed by atoms with E-state index in [4.69, 9.17) is 0 Å². The molecule has 1 amide bonds. The summed E-state index contributed by atoms with van der Waals surface area (Å²) in [6.07, 6.45) is 0. The van der Waals surface area contributed by atoms with E-state index in [9.17, 15) is 19.5 Å². The van der Waals surface area contributed by atoms with E-state index in [1.807, 2.05) is 31.2 Å². The highest BCUT2D eigenvalue weighted by Gasteiger charge is 2.35. The lowest BCUT2D eigenvalue weighted by atomic mass is 10.1. The van der Waals surface area contributed by atoms with Crippen LogP contribution in [0.25, 0.3) is 21.9 Å². The van der Waals surface area contributed by atoms with Gasteiger partial charge in [0.25, 0.3) is 11.5 Å². The molecular weight excluding hydrogens is 404 g/mol. The second-order valence-electron chi connectivity index (χ2n) is 6.91. The summed E-state index contributed by atoms with van der Waals surface area (Å²) in [5.41, 5.74) is 2.59. The Kier molecular flexibility index (Phi) is 4.00. The molecule has 0 bridgehead atoms. The lowest BCUT2D eigenvalue weighted by Gasteiger charge is -2.13. The second kappa shape index (κ2) is 6.60. The van der Waals surface area contributed by atoms with Gasteiger partial charge in [-0.1, -0.05) is 53.3 Å². The van der Waals surface area contributed by atoms with Crippen LogP contribution in [0.15, 0.2) is 53.3 Å². The van der Waals surface area contributed by atoms with Gasteiger partial charge in [-0.25, -0.2) is 0 Å². The maximum absolute atomic E-state index is 13.1. The second-order valence-corrected chi connectivity index (χ2v) is 7.89. The smallest absolute Gasteiger partial charge is 0.323 e. The zero-order valence-corrected chi connectivity index (χ0v) is 16.5. The quantitative estimate of drug-likeness (QED) is 0.540. The predicted molar refractivity (Wildman–Crippen MR) is 111 cm³/mol. The van der Waals surface area contributed by atoms with Crippen molar-refractivity contribution < 1.29 is 14.7 Å². The molecule has 2 aromatic carbocycles. The number of rotatable bonds is 3. The molecule has 1 N–H and O–H groups in total. The standard InChI is InChI=1S/C21H14N4O4S/c1-11-5-4-6-12(9-11)18-22-21-25(23-18)20(29)17(30-21)16-13-7-2-3-8-14(13)24(19(16)28)10-15(26)27/h2-9H,10H2,1H3,(H,26,27). The molecule has 0 radical (unpaired) electrons. The van der Waals surface area contributed by atoms with Crippen molar-refractivity contribution in [3.63, 3.8) is 0 Å². The molecule has 5 rings (SSSR count). The predicted octanol–water partition coefficient (Wildman–Crippen LogP) is 1.48. The number of carbonyl (C=O) groups excluding carboxylic acids is 1. The van der Waals surface area contributed by atoms with Crippen molar-refractivity contribution >= 4 is 39.4 Å². The van der Waals surface area contributed by atoms with Gasteiger partial charge in [-0.3, -0.25) is 19.3 Å². The van der Waals surface area contributed by atoms with E-state index in [0.717, 1.165) is 22.5 Å². The van der Waals surface area contributed by atoms with Crippen LogP contribution in [0.2, 0.25) is 0 Å². The van der Waals surface area contributed by atoms with Crippen LogP contribution in [0.5, 0.6) is 0 Å². The van der Waals surface area contributed by atoms with Gasteiger partial charge in [0.15, 0.2) is 5.82 Å². The monoisotopic (exact) mass is 418 g/mol. The lowest BCUT2D eigenvalue weighted by Crippen LogP contribution is -2.35. The van der Waals surface area contributed by atoms with Gasteiger partial charge in [0.2, 0.25) is 4.96 Å². The van der Waals surface area contributed by atoms with Gasteiger partial charge in [0.05, 0.1) is 11.3 Å². The molecule has 0 unspecified atom stereocenters. The first-order valence-electron chi connectivity index (χ1n) is 9.08. The van der Waals surface area contributed by atoms with E-state index < -0.39 is 24.0 Å². The summed E-state index contributed by atoms with van der Waals surface area (Å²) < 4.78 is 1.39. The first-order chi connectivity index (χ1) is 14.4. The zero-order chi connectivity index (χ0) is 21.0. The third-order valence-corrected chi connectivity index (χ3v) is 5.91. The van der Waals surface area contributed by atoms with Gasteiger partial charge < -0.3 is 5.11 Å². The van der Waals surface area contributed by atoms with Crippen LogP contribution < -0.4 is 15.0 Å². The molecule has 0 aliphatic carbocycles. The minimum atomic E-state index is -1.13. The minimum Gasteiger partial charge on any atom is -0.480 e. The minimum absolute atomic E-state index is 0.186. The number of thiazole rings is 1. The summed E-state index contributed by atoms with van der Waals surface area (Å²) >= 11 is 1.07. The third kappa shape index (κ3) is 2.71. The Bertz CT molecular complexity index is 1470. The van der Waals surface area contributed by atoms with E-state index in [2.05, 4.69) is 10.1 Å². The maximum Gasteiger partial charge on any atom is 0.323 e. The van der Waals surface area contributed by atoms with Crippen LogP contribution in [-0.4, -0.2) is 38.1 Å². The number of aromatic nitrogens is 3. The zero-order valence-electron chi connectivity index (χ0n) is 15.7. The number of carbonyl (C=O) groups is 2. The molecule has 0 fully saturated rings. The number of carboxylic acids is 1. The van der Waals surface area contributed by atoms with Crippen molar-refractivity contribution in [2.45, 2.75) is 6.92 Å². The van der Waals surface area contributed by atoms with E-state index in [1.165, 1.54) is 9.42 Å². The molecule has 0 atom stereocenters.